The normalized spacial score (nSPS) is 10.1. The summed E-state index contributed by atoms with van der Waals surface area (Å²) in [4.78, 5) is 26.9. The SMILES string of the molecule is CCOc1ccc(NC(=O)Cn2cccc2C(=O)O)cn1. The Labute approximate surface area is 121 Å². The fourth-order valence-corrected chi connectivity index (χ4v) is 1.79. The molecule has 0 bridgehead atoms. The lowest BCUT2D eigenvalue weighted by atomic mass is 10.4. The number of aromatic carboxylic acids is 1. The molecule has 2 heterocycles. The maximum Gasteiger partial charge on any atom is 0.352 e. The van der Waals surface area contributed by atoms with Gasteiger partial charge in [-0.25, -0.2) is 9.78 Å². The van der Waals surface area contributed by atoms with E-state index in [-0.39, 0.29) is 18.1 Å². The number of aromatic nitrogens is 2. The largest absolute Gasteiger partial charge is 0.478 e. The quantitative estimate of drug-likeness (QED) is 0.842. The molecular weight excluding hydrogens is 274 g/mol. The van der Waals surface area contributed by atoms with Crippen molar-refractivity contribution in [2.45, 2.75) is 13.5 Å². The second kappa shape index (κ2) is 6.56. The van der Waals surface area contributed by atoms with Crippen molar-refractivity contribution in [3.8, 4) is 5.88 Å². The van der Waals surface area contributed by atoms with E-state index >= 15 is 0 Å². The number of anilines is 1. The average molecular weight is 289 g/mol. The first kappa shape index (κ1) is 14.6. The molecule has 0 aliphatic heterocycles. The maximum atomic E-state index is 11.9. The van der Waals surface area contributed by atoms with Gasteiger partial charge in [0.05, 0.1) is 18.5 Å². The highest BCUT2D eigenvalue weighted by Crippen LogP contribution is 2.12. The van der Waals surface area contributed by atoms with Gasteiger partial charge in [-0.05, 0) is 25.1 Å². The van der Waals surface area contributed by atoms with Crippen LogP contribution in [0.4, 0.5) is 5.69 Å². The number of amides is 1. The number of carboxylic acids is 1. The molecule has 0 radical (unpaired) electrons. The van der Waals surface area contributed by atoms with Crippen molar-refractivity contribution >= 4 is 17.6 Å². The molecule has 0 fully saturated rings. The van der Waals surface area contributed by atoms with Crippen LogP contribution in [0, 0.1) is 0 Å². The zero-order chi connectivity index (χ0) is 15.2. The molecule has 7 heteroatoms. The first-order chi connectivity index (χ1) is 10.1. The van der Waals surface area contributed by atoms with Gasteiger partial charge in [0, 0.05) is 12.3 Å². The number of ether oxygens (including phenoxy) is 1. The number of carboxylic acid groups (broad SMARTS) is 1. The van der Waals surface area contributed by atoms with Gasteiger partial charge >= 0.3 is 5.97 Å². The van der Waals surface area contributed by atoms with Crippen LogP contribution in [0.2, 0.25) is 0 Å². The second-order valence-electron chi connectivity index (χ2n) is 4.19. The third-order valence-electron chi connectivity index (χ3n) is 2.67. The molecule has 0 spiro atoms. The van der Waals surface area contributed by atoms with Gasteiger partial charge in [0.2, 0.25) is 11.8 Å². The molecule has 2 aromatic heterocycles. The van der Waals surface area contributed by atoms with Crippen LogP contribution in [0.1, 0.15) is 17.4 Å². The first-order valence-electron chi connectivity index (χ1n) is 6.37. The lowest BCUT2D eigenvalue weighted by Crippen LogP contribution is -2.20. The highest BCUT2D eigenvalue weighted by molar-refractivity contribution is 5.92. The molecule has 1 amide bonds. The zero-order valence-electron chi connectivity index (χ0n) is 11.4. The zero-order valence-corrected chi connectivity index (χ0v) is 11.4. The van der Waals surface area contributed by atoms with Crippen molar-refractivity contribution in [3.63, 3.8) is 0 Å². The Morgan fingerprint density at radius 3 is 2.81 bits per heavy atom. The Morgan fingerprint density at radius 2 is 2.19 bits per heavy atom. The summed E-state index contributed by atoms with van der Waals surface area (Å²) >= 11 is 0. The van der Waals surface area contributed by atoms with Crippen LogP contribution in [0.3, 0.4) is 0 Å². The number of carbonyl (C=O) groups excluding carboxylic acids is 1. The van der Waals surface area contributed by atoms with Crippen molar-refractivity contribution in [1.29, 1.82) is 0 Å². The number of hydrogen-bond donors (Lipinski definition) is 2. The molecule has 7 nitrogen and oxygen atoms in total. The molecule has 0 unspecified atom stereocenters. The molecule has 21 heavy (non-hydrogen) atoms. The number of pyridine rings is 1. The molecule has 0 saturated heterocycles. The van der Waals surface area contributed by atoms with Gasteiger partial charge in [0.25, 0.3) is 0 Å². The first-order valence-corrected chi connectivity index (χ1v) is 6.37. The maximum absolute atomic E-state index is 11.9. The Kier molecular flexibility index (Phi) is 4.55. The summed E-state index contributed by atoms with van der Waals surface area (Å²) in [6.45, 7) is 2.29. The molecule has 2 N–H and O–H groups in total. The third-order valence-corrected chi connectivity index (χ3v) is 2.67. The lowest BCUT2D eigenvalue weighted by molar-refractivity contribution is -0.116. The van der Waals surface area contributed by atoms with Gasteiger partial charge in [-0.1, -0.05) is 0 Å². The van der Waals surface area contributed by atoms with E-state index in [1.807, 2.05) is 6.92 Å². The van der Waals surface area contributed by atoms with Crippen molar-refractivity contribution in [3.05, 3.63) is 42.4 Å². The average Bonchev–Trinajstić information content (AvgIpc) is 2.89. The summed E-state index contributed by atoms with van der Waals surface area (Å²) in [6.07, 6.45) is 3.02. The summed E-state index contributed by atoms with van der Waals surface area (Å²) in [7, 11) is 0. The van der Waals surface area contributed by atoms with Crippen LogP contribution >= 0.6 is 0 Å². The molecule has 0 saturated carbocycles. The van der Waals surface area contributed by atoms with Crippen LogP contribution in [0.5, 0.6) is 5.88 Å². The molecule has 2 rings (SSSR count). The van der Waals surface area contributed by atoms with Crippen molar-refractivity contribution < 1.29 is 19.4 Å². The van der Waals surface area contributed by atoms with E-state index in [1.165, 1.54) is 16.8 Å². The Bertz CT molecular complexity index is 634. The fourth-order valence-electron chi connectivity index (χ4n) is 1.79. The van der Waals surface area contributed by atoms with E-state index in [1.54, 1.807) is 24.4 Å². The van der Waals surface area contributed by atoms with E-state index < -0.39 is 5.97 Å². The van der Waals surface area contributed by atoms with Gasteiger partial charge in [-0.3, -0.25) is 4.79 Å². The van der Waals surface area contributed by atoms with E-state index in [0.29, 0.717) is 18.2 Å². The molecule has 0 aliphatic carbocycles. The van der Waals surface area contributed by atoms with Crippen LogP contribution in [-0.2, 0) is 11.3 Å². The minimum Gasteiger partial charge on any atom is -0.478 e. The summed E-state index contributed by atoms with van der Waals surface area (Å²) in [5, 5.41) is 11.6. The van der Waals surface area contributed by atoms with Crippen LogP contribution < -0.4 is 10.1 Å². The van der Waals surface area contributed by atoms with Gasteiger partial charge in [0.1, 0.15) is 12.2 Å². The predicted molar refractivity (Wildman–Crippen MR) is 75.4 cm³/mol. The standard InChI is InChI=1S/C14H15N3O4/c1-2-21-13-6-5-10(8-15-13)16-12(18)9-17-7-3-4-11(17)14(19)20/h3-8H,2,9H2,1H3,(H,16,18)(H,19,20). The van der Waals surface area contributed by atoms with Gasteiger partial charge in [0.15, 0.2) is 0 Å². The lowest BCUT2D eigenvalue weighted by Gasteiger charge is -2.08. The smallest absolute Gasteiger partial charge is 0.352 e. The van der Waals surface area contributed by atoms with Crippen LogP contribution in [-0.4, -0.2) is 33.1 Å². The number of hydrogen-bond acceptors (Lipinski definition) is 4. The Balaban J connectivity index is 1.98. The molecule has 110 valence electrons. The predicted octanol–water partition coefficient (Wildman–Crippen LogP) is 1.62. The summed E-state index contributed by atoms with van der Waals surface area (Å²) < 4.78 is 6.56. The molecule has 2 aromatic rings. The minimum atomic E-state index is -1.07. The second-order valence-corrected chi connectivity index (χ2v) is 4.19. The monoisotopic (exact) mass is 289 g/mol. The highest BCUT2D eigenvalue weighted by atomic mass is 16.5. The fraction of sp³-hybridized carbons (Fsp3) is 0.214. The van der Waals surface area contributed by atoms with Gasteiger partial charge in [-0.15, -0.1) is 0 Å². The Hall–Kier alpha value is -2.83. The molecular formula is C14H15N3O4. The Morgan fingerprint density at radius 1 is 1.38 bits per heavy atom. The molecule has 0 atom stereocenters. The van der Waals surface area contributed by atoms with E-state index in [9.17, 15) is 9.59 Å². The van der Waals surface area contributed by atoms with E-state index in [0.717, 1.165) is 0 Å². The van der Waals surface area contributed by atoms with Crippen molar-refractivity contribution in [2.24, 2.45) is 0 Å². The van der Waals surface area contributed by atoms with Gasteiger partial charge < -0.3 is 19.7 Å². The number of nitrogens with zero attached hydrogens (tertiary/aromatic N) is 2. The number of carbonyl (C=O) groups is 2. The van der Waals surface area contributed by atoms with Crippen LogP contribution in [0.15, 0.2) is 36.7 Å². The summed E-state index contributed by atoms with van der Waals surface area (Å²) in [5.74, 6) is -0.927. The summed E-state index contributed by atoms with van der Waals surface area (Å²) in [6, 6.07) is 6.34. The van der Waals surface area contributed by atoms with E-state index in [4.69, 9.17) is 9.84 Å². The molecule has 0 aliphatic rings. The number of rotatable bonds is 6. The minimum absolute atomic E-state index is 0.0648. The van der Waals surface area contributed by atoms with E-state index in [2.05, 4.69) is 10.3 Å². The number of nitrogens with one attached hydrogen (secondary N) is 1. The summed E-state index contributed by atoms with van der Waals surface area (Å²) in [5.41, 5.74) is 0.586. The third kappa shape index (κ3) is 3.82. The molecule has 0 aromatic carbocycles. The van der Waals surface area contributed by atoms with Crippen molar-refractivity contribution in [1.82, 2.24) is 9.55 Å². The van der Waals surface area contributed by atoms with Crippen molar-refractivity contribution in [2.75, 3.05) is 11.9 Å². The highest BCUT2D eigenvalue weighted by Gasteiger charge is 2.11. The van der Waals surface area contributed by atoms with Crippen LogP contribution in [0.25, 0.3) is 0 Å². The topological polar surface area (TPSA) is 93.5 Å². The van der Waals surface area contributed by atoms with Gasteiger partial charge in [-0.2, -0.15) is 0 Å².